The summed E-state index contributed by atoms with van der Waals surface area (Å²) in [7, 11) is 0. The second kappa shape index (κ2) is 9.03. The summed E-state index contributed by atoms with van der Waals surface area (Å²) >= 11 is 0. The first-order chi connectivity index (χ1) is 16.2. The van der Waals surface area contributed by atoms with Crippen LogP contribution in [0.5, 0.6) is 0 Å². The van der Waals surface area contributed by atoms with E-state index >= 15 is 0 Å². The number of carbonyl (C=O) groups is 1. The number of nitriles is 1. The van der Waals surface area contributed by atoms with E-state index < -0.39 is 0 Å². The van der Waals surface area contributed by atoms with Crippen LogP contribution >= 0.6 is 0 Å². The van der Waals surface area contributed by atoms with Gasteiger partial charge in [-0.1, -0.05) is 6.07 Å². The number of amides is 1. The summed E-state index contributed by atoms with van der Waals surface area (Å²) in [6.07, 6.45) is 3.23. The van der Waals surface area contributed by atoms with Gasteiger partial charge in [-0.15, -0.1) is 0 Å². The van der Waals surface area contributed by atoms with Crippen molar-refractivity contribution in [1.29, 1.82) is 5.26 Å². The average molecular weight is 447 g/mol. The second-order valence-corrected chi connectivity index (χ2v) is 8.21. The number of rotatable bonds is 5. The minimum atomic E-state index is -0.289. The average Bonchev–Trinajstić information content (AvgIpc) is 3.54. The number of aryl methyl sites for hydroxylation is 1. The van der Waals surface area contributed by atoms with Crippen molar-refractivity contribution >= 4 is 34.5 Å². The summed E-state index contributed by atoms with van der Waals surface area (Å²) in [4.78, 5) is 30.8. The molecule has 2 saturated heterocycles. The van der Waals surface area contributed by atoms with Gasteiger partial charge < -0.3 is 24.4 Å². The molecule has 10 nitrogen and oxygen atoms in total. The van der Waals surface area contributed by atoms with Crippen LogP contribution in [0.15, 0.2) is 30.6 Å². The maximum absolute atomic E-state index is 12.7. The fraction of sp³-hybridized carbons (Fsp3) is 0.435. The molecule has 3 aromatic rings. The number of benzene rings is 1. The lowest BCUT2D eigenvalue weighted by Gasteiger charge is -2.35. The number of ether oxygens (including phenoxy) is 1. The van der Waals surface area contributed by atoms with Gasteiger partial charge in [0.1, 0.15) is 6.10 Å². The van der Waals surface area contributed by atoms with E-state index in [9.17, 15) is 10.1 Å². The van der Waals surface area contributed by atoms with Gasteiger partial charge in [0.25, 0.3) is 5.91 Å². The Morgan fingerprint density at radius 3 is 2.85 bits per heavy atom. The van der Waals surface area contributed by atoms with Crippen LogP contribution in [0.3, 0.4) is 0 Å². The number of fused-ring (bicyclic) bond motifs is 1. The predicted molar refractivity (Wildman–Crippen MR) is 123 cm³/mol. The Balaban J connectivity index is 1.40. The Morgan fingerprint density at radius 1 is 1.27 bits per heavy atom. The number of nitrogens with zero attached hydrogens (tertiary/aromatic N) is 7. The molecule has 1 atom stereocenters. The summed E-state index contributed by atoms with van der Waals surface area (Å²) in [5, 5.41) is 12.5. The van der Waals surface area contributed by atoms with Crippen LogP contribution in [0.2, 0.25) is 0 Å². The maximum atomic E-state index is 12.7. The van der Waals surface area contributed by atoms with Crippen molar-refractivity contribution in [3.8, 4) is 6.07 Å². The molecule has 170 valence electrons. The molecule has 0 saturated carbocycles. The molecule has 0 aliphatic carbocycles. The molecule has 2 aliphatic rings. The van der Waals surface area contributed by atoms with E-state index in [0.29, 0.717) is 55.6 Å². The molecule has 4 heterocycles. The lowest BCUT2D eigenvalue weighted by atomic mass is 10.2. The zero-order valence-electron chi connectivity index (χ0n) is 18.6. The van der Waals surface area contributed by atoms with Crippen LogP contribution in [0.1, 0.15) is 25.3 Å². The highest BCUT2D eigenvalue weighted by Crippen LogP contribution is 2.27. The lowest BCUT2D eigenvalue weighted by Crippen LogP contribution is -2.51. The monoisotopic (exact) mass is 446 g/mol. The molecule has 1 unspecified atom stereocenters. The molecule has 0 radical (unpaired) electrons. The Bertz CT molecular complexity index is 1200. The quantitative estimate of drug-likeness (QED) is 0.635. The van der Waals surface area contributed by atoms with E-state index in [4.69, 9.17) is 14.7 Å². The van der Waals surface area contributed by atoms with Crippen LogP contribution in [-0.2, 0) is 16.1 Å². The molecule has 1 amide bonds. The Morgan fingerprint density at radius 2 is 2.12 bits per heavy atom. The minimum Gasteiger partial charge on any atom is -0.368 e. The van der Waals surface area contributed by atoms with Crippen molar-refractivity contribution < 1.29 is 9.53 Å². The van der Waals surface area contributed by atoms with Crippen LogP contribution < -0.4 is 10.2 Å². The number of imidazole rings is 1. The first kappa shape index (κ1) is 21.2. The highest BCUT2D eigenvalue weighted by molar-refractivity contribution is 5.87. The number of hydrogen-bond acceptors (Lipinski definition) is 8. The minimum absolute atomic E-state index is 0.0901. The second-order valence-electron chi connectivity index (χ2n) is 8.21. The highest BCUT2D eigenvalue weighted by Gasteiger charge is 2.31. The summed E-state index contributed by atoms with van der Waals surface area (Å²) in [5.74, 6) is 1.28. The van der Waals surface area contributed by atoms with Crippen LogP contribution in [-0.4, -0.2) is 69.2 Å². The van der Waals surface area contributed by atoms with Gasteiger partial charge >= 0.3 is 0 Å². The maximum Gasteiger partial charge on any atom is 0.251 e. The third-order valence-corrected chi connectivity index (χ3v) is 6.13. The van der Waals surface area contributed by atoms with Crippen molar-refractivity contribution in [2.75, 3.05) is 43.0 Å². The molecule has 2 aromatic heterocycles. The van der Waals surface area contributed by atoms with Crippen molar-refractivity contribution in [2.24, 2.45) is 0 Å². The first-order valence-electron chi connectivity index (χ1n) is 11.3. The van der Waals surface area contributed by atoms with Gasteiger partial charge in [-0.05, 0) is 38.0 Å². The molecule has 33 heavy (non-hydrogen) atoms. The molecule has 1 aromatic carbocycles. The van der Waals surface area contributed by atoms with Gasteiger partial charge in [0.05, 0.1) is 18.0 Å². The first-order valence-corrected chi connectivity index (χ1v) is 11.3. The zero-order valence-corrected chi connectivity index (χ0v) is 18.6. The van der Waals surface area contributed by atoms with Gasteiger partial charge in [-0.3, -0.25) is 4.79 Å². The standard InChI is InChI=1S/C23H26N8O2/c1-2-29-15-25-19-20(26-17-6-3-5-16(13-17)14-24)27-23(28-21(19)29)31-10-8-30(9-11-31)22(32)18-7-4-12-33-18/h3,5-6,13,15,18H,2,4,7-12H2,1H3,(H,26,27,28). The highest BCUT2D eigenvalue weighted by atomic mass is 16.5. The van der Waals surface area contributed by atoms with E-state index in [1.54, 1.807) is 18.5 Å². The van der Waals surface area contributed by atoms with E-state index in [-0.39, 0.29) is 12.0 Å². The van der Waals surface area contributed by atoms with Crippen LogP contribution in [0.25, 0.3) is 11.2 Å². The van der Waals surface area contributed by atoms with Crippen molar-refractivity contribution in [1.82, 2.24) is 24.4 Å². The normalized spacial score (nSPS) is 18.5. The summed E-state index contributed by atoms with van der Waals surface area (Å²) in [6.45, 7) is 5.96. The molecule has 2 fully saturated rings. The predicted octanol–water partition coefficient (Wildman–Crippen LogP) is 2.29. The van der Waals surface area contributed by atoms with E-state index in [1.807, 2.05) is 28.5 Å². The fourth-order valence-electron chi connectivity index (χ4n) is 4.30. The van der Waals surface area contributed by atoms with Crippen molar-refractivity contribution in [3.05, 3.63) is 36.2 Å². The summed E-state index contributed by atoms with van der Waals surface area (Å²) < 4.78 is 7.55. The molecule has 2 aliphatic heterocycles. The SMILES string of the molecule is CCn1cnc2c(Nc3cccc(C#N)c3)nc(N3CCN(C(=O)C4CCCO4)CC3)nc21. The van der Waals surface area contributed by atoms with Gasteiger partial charge in [-0.2, -0.15) is 15.2 Å². The van der Waals surface area contributed by atoms with Gasteiger partial charge in [0, 0.05) is 45.0 Å². The Kier molecular flexibility index (Phi) is 5.79. The summed E-state index contributed by atoms with van der Waals surface area (Å²) in [5.41, 5.74) is 2.75. The fourth-order valence-corrected chi connectivity index (χ4v) is 4.30. The smallest absolute Gasteiger partial charge is 0.251 e. The molecular formula is C23H26N8O2. The molecule has 10 heteroatoms. The zero-order chi connectivity index (χ0) is 22.8. The van der Waals surface area contributed by atoms with E-state index in [1.165, 1.54) is 0 Å². The van der Waals surface area contributed by atoms with Gasteiger partial charge in [-0.25, -0.2) is 4.98 Å². The largest absolute Gasteiger partial charge is 0.368 e. The lowest BCUT2D eigenvalue weighted by molar-refractivity contribution is -0.141. The molecule has 0 spiro atoms. The van der Waals surface area contributed by atoms with Crippen LogP contribution in [0, 0.1) is 11.3 Å². The number of carbonyl (C=O) groups excluding carboxylic acids is 1. The number of aromatic nitrogens is 4. The topological polar surface area (TPSA) is 112 Å². The Labute approximate surface area is 191 Å². The third-order valence-electron chi connectivity index (χ3n) is 6.13. The molecule has 5 rings (SSSR count). The number of nitrogens with one attached hydrogen (secondary N) is 1. The third kappa shape index (κ3) is 4.19. The van der Waals surface area contributed by atoms with E-state index in [0.717, 1.165) is 30.7 Å². The van der Waals surface area contributed by atoms with Gasteiger partial charge in [0.2, 0.25) is 5.95 Å². The van der Waals surface area contributed by atoms with Crippen LogP contribution in [0.4, 0.5) is 17.5 Å². The molecule has 0 bridgehead atoms. The molecular weight excluding hydrogens is 420 g/mol. The summed E-state index contributed by atoms with van der Waals surface area (Å²) in [6, 6.07) is 9.41. The number of hydrogen-bond donors (Lipinski definition) is 1. The van der Waals surface area contributed by atoms with E-state index in [2.05, 4.69) is 21.3 Å². The Hall–Kier alpha value is -3.71. The van der Waals surface area contributed by atoms with Crippen molar-refractivity contribution in [3.63, 3.8) is 0 Å². The molecule has 1 N–H and O–H groups in total. The van der Waals surface area contributed by atoms with Crippen molar-refractivity contribution in [2.45, 2.75) is 32.4 Å². The number of anilines is 3. The number of piperazine rings is 1. The van der Waals surface area contributed by atoms with Gasteiger partial charge in [0.15, 0.2) is 17.0 Å².